The monoisotopic (exact) mass is 272 g/mol. The average Bonchev–Trinajstić information content (AvgIpc) is 3.05. The molecule has 0 radical (unpaired) electrons. The van der Waals surface area contributed by atoms with Gasteiger partial charge in [-0.25, -0.2) is 4.98 Å². The Morgan fingerprint density at radius 1 is 1.45 bits per heavy atom. The summed E-state index contributed by atoms with van der Waals surface area (Å²) in [6.07, 6.45) is 6.49. The first kappa shape index (κ1) is 12.5. The highest BCUT2D eigenvalue weighted by Gasteiger charge is 2.11. The number of nitrogens with zero attached hydrogens (tertiary/aromatic N) is 4. The first-order chi connectivity index (χ1) is 9.76. The van der Waals surface area contributed by atoms with Gasteiger partial charge in [0, 0.05) is 30.7 Å². The van der Waals surface area contributed by atoms with Crippen molar-refractivity contribution in [3.05, 3.63) is 30.4 Å². The second-order valence-corrected chi connectivity index (χ2v) is 4.51. The number of aryl methyl sites for hydroxylation is 1. The third kappa shape index (κ3) is 2.42. The number of rotatable bonds is 5. The van der Waals surface area contributed by atoms with Gasteiger partial charge in [-0.2, -0.15) is 4.98 Å². The van der Waals surface area contributed by atoms with Crippen LogP contribution in [0.5, 0.6) is 11.8 Å². The molecule has 3 rings (SSSR count). The van der Waals surface area contributed by atoms with E-state index in [-0.39, 0.29) is 0 Å². The normalized spacial score (nSPS) is 10.9. The maximum atomic E-state index is 5.71. The van der Waals surface area contributed by atoms with Gasteiger partial charge in [0.2, 0.25) is 11.5 Å². The fraction of sp³-hybridized carbons (Fsp3) is 0.308. The Bertz CT molecular complexity index is 717. The third-order valence-electron chi connectivity index (χ3n) is 2.78. The van der Waals surface area contributed by atoms with Crippen molar-refractivity contribution >= 4 is 11.5 Å². The largest absolute Gasteiger partial charge is 0.415 e. The van der Waals surface area contributed by atoms with Gasteiger partial charge >= 0.3 is 0 Å². The van der Waals surface area contributed by atoms with Crippen molar-refractivity contribution in [1.82, 2.24) is 24.6 Å². The van der Waals surface area contributed by atoms with Gasteiger partial charge in [-0.1, -0.05) is 6.92 Å². The van der Waals surface area contributed by atoms with E-state index < -0.39 is 0 Å². The predicted molar refractivity (Wildman–Crippen MR) is 75.2 cm³/mol. The van der Waals surface area contributed by atoms with E-state index in [1.54, 1.807) is 6.20 Å². The summed E-state index contributed by atoms with van der Waals surface area (Å²) in [6, 6.07) is 1.81. The number of aromatic nitrogens is 5. The van der Waals surface area contributed by atoms with Gasteiger partial charge in [0.1, 0.15) is 5.82 Å². The molecule has 104 valence electrons. The van der Waals surface area contributed by atoms with Crippen LogP contribution in [0.4, 0.5) is 5.82 Å². The lowest BCUT2D eigenvalue weighted by molar-refractivity contribution is 0.446. The number of nitrogens with one attached hydrogen (secondary N) is 2. The molecule has 0 saturated carbocycles. The Kier molecular flexibility index (Phi) is 3.24. The Labute approximate surface area is 116 Å². The van der Waals surface area contributed by atoms with Gasteiger partial charge < -0.3 is 10.1 Å². The zero-order valence-electron chi connectivity index (χ0n) is 11.4. The molecule has 0 aliphatic heterocycles. The molecule has 0 saturated heterocycles. The van der Waals surface area contributed by atoms with Crippen molar-refractivity contribution < 1.29 is 4.74 Å². The molecule has 20 heavy (non-hydrogen) atoms. The second kappa shape index (κ2) is 5.20. The van der Waals surface area contributed by atoms with Crippen LogP contribution in [0.1, 0.15) is 19.0 Å². The molecule has 2 N–H and O–H groups in total. The summed E-state index contributed by atoms with van der Waals surface area (Å²) in [5.41, 5.74) is 1.59. The highest BCUT2D eigenvalue weighted by molar-refractivity contribution is 5.54. The number of aromatic amines is 1. The molecular formula is C13H16N6O. The minimum absolute atomic E-state index is 0.433. The highest BCUT2D eigenvalue weighted by Crippen LogP contribution is 2.23. The molecule has 0 aliphatic rings. The Morgan fingerprint density at radius 3 is 3.10 bits per heavy atom. The van der Waals surface area contributed by atoms with Gasteiger partial charge in [-0.3, -0.25) is 9.50 Å². The van der Waals surface area contributed by atoms with Crippen LogP contribution in [0.15, 0.2) is 24.7 Å². The number of hydrogen-bond donors (Lipinski definition) is 2. The molecule has 0 fully saturated rings. The quantitative estimate of drug-likeness (QED) is 0.745. The summed E-state index contributed by atoms with van der Waals surface area (Å²) in [6.45, 7) is 4.87. The van der Waals surface area contributed by atoms with Gasteiger partial charge in [-0.15, -0.1) is 5.10 Å². The van der Waals surface area contributed by atoms with Crippen molar-refractivity contribution in [3.8, 4) is 11.8 Å². The van der Waals surface area contributed by atoms with Crippen LogP contribution >= 0.6 is 0 Å². The highest BCUT2D eigenvalue weighted by atomic mass is 16.5. The van der Waals surface area contributed by atoms with Crippen LogP contribution in [0.3, 0.4) is 0 Å². The van der Waals surface area contributed by atoms with E-state index in [9.17, 15) is 0 Å². The lowest BCUT2D eigenvalue weighted by Crippen LogP contribution is -2.05. The predicted octanol–water partition coefficient (Wildman–Crippen LogP) is 2.38. The molecule has 0 unspecified atom stereocenters. The fourth-order valence-corrected chi connectivity index (χ4v) is 1.85. The zero-order valence-corrected chi connectivity index (χ0v) is 11.4. The van der Waals surface area contributed by atoms with E-state index in [0.29, 0.717) is 17.4 Å². The lowest BCUT2D eigenvalue weighted by Gasteiger charge is -2.08. The van der Waals surface area contributed by atoms with Gasteiger partial charge in [0.25, 0.3) is 5.88 Å². The Balaban J connectivity index is 1.96. The van der Waals surface area contributed by atoms with E-state index in [0.717, 1.165) is 24.5 Å². The number of anilines is 1. The van der Waals surface area contributed by atoms with Crippen molar-refractivity contribution in [2.75, 3.05) is 11.9 Å². The summed E-state index contributed by atoms with van der Waals surface area (Å²) in [7, 11) is 0. The van der Waals surface area contributed by atoms with E-state index in [1.807, 2.05) is 29.8 Å². The van der Waals surface area contributed by atoms with Gasteiger partial charge in [-0.05, 0) is 13.3 Å². The maximum absolute atomic E-state index is 5.71. The summed E-state index contributed by atoms with van der Waals surface area (Å²) in [5.74, 6) is 1.66. The minimum atomic E-state index is 0.433. The lowest BCUT2D eigenvalue weighted by atomic mass is 10.5. The topological polar surface area (TPSA) is 80.1 Å². The van der Waals surface area contributed by atoms with Crippen LogP contribution in [0.25, 0.3) is 5.65 Å². The first-order valence-corrected chi connectivity index (χ1v) is 6.53. The molecule has 0 aliphatic carbocycles. The summed E-state index contributed by atoms with van der Waals surface area (Å²) >= 11 is 0. The maximum Gasteiger partial charge on any atom is 0.267 e. The van der Waals surface area contributed by atoms with Crippen molar-refractivity contribution in [3.63, 3.8) is 0 Å². The number of hydrogen-bond acceptors (Lipinski definition) is 5. The molecule has 0 amide bonds. The van der Waals surface area contributed by atoms with E-state index >= 15 is 0 Å². The third-order valence-corrected chi connectivity index (χ3v) is 2.78. The molecule has 7 heteroatoms. The zero-order chi connectivity index (χ0) is 13.9. The van der Waals surface area contributed by atoms with Gasteiger partial charge in [0.05, 0.1) is 6.20 Å². The first-order valence-electron chi connectivity index (χ1n) is 6.53. The van der Waals surface area contributed by atoms with Crippen molar-refractivity contribution in [1.29, 1.82) is 0 Å². The molecule has 0 atom stereocenters. The van der Waals surface area contributed by atoms with Crippen LogP contribution in [0.2, 0.25) is 0 Å². The standard InChI is InChI=1S/C13H16N6O/c1-3-4-14-10-8-19-6-5-15-12(19)13(16-10)20-11-7-9(2)17-18-11/h5-8,14H,3-4H2,1-2H3,(H,17,18). The summed E-state index contributed by atoms with van der Waals surface area (Å²) in [4.78, 5) is 8.70. The van der Waals surface area contributed by atoms with E-state index in [4.69, 9.17) is 4.74 Å². The molecule has 7 nitrogen and oxygen atoms in total. The van der Waals surface area contributed by atoms with E-state index in [2.05, 4.69) is 32.4 Å². The molecule has 0 bridgehead atoms. The van der Waals surface area contributed by atoms with Crippen LogP contribution in [-0.4, -0.2) is 31.1 Å². The molecule has 3 aromatic rings. The molecular weight excluding hydrogens is 256 g/mol. The van der Waals surface area contributed by atoms with E-state index in [1.165, 1.54) is 0 Å². The Hall–Kier alpha value is -2.57. The Morgan fingerprint density at radius 2 is 2.35 bits per heavy atom. The summed E-state index contributed by atoms with van der Waals surface area (Å²) < 4.78 is 7.59. The van der Waals surface area contributed by atoms with Crippen LogP contribution in [0, 0.1) is 6.92 Å². The molecule has 0 spiro atoms. The summed E-state index contributed by atoms with van der Waals surface area (Å²) in [5, 5.41) is 10.1. The minimum Gasteiger partial charge on any atom is -0.415 e. The van der Waals surface area contributed by atoms with Crippen molar-refractivity contribution in [2.45, 2.75) is 20.3 Å². The average molecular weight is 272 g/mol. The number of ether oxygens (including phenoxy) is 1. The van der Waals surface area contributed by atoms with Crippen LogP contribution in [-0.2, 0) is 0 Å². The molecule has 0 aromatic carbocycles. The SMILES string of the molecule is CCCNc1cn2ccnc2c(Oc2cc(C)[nH]n2)n1. The van der Waals surface area contributed by atoms with Crippen molar-refractivity contribution in [2.24, 2.45) is 0 Å². The fourth-order valence-electron chi connectivity index (χ4n) is 1.85. The van der Waals surface area contributed by atoms with Gasteiger partial charge in [0.15, 0.2) is 0 Å². The van der Waals surface area contributed by atoms with Crippen LogP contribution < -0.4 is 10.1 Å². The smallest absolute Gasteiger partial charge is 0.267 e. The number of fused-ring (bicyclic) bond motifs is 1. The number of H-pyrrole nitrogens is 1. The molecule has 3 aromatic heterocycles. The second-order valence-electron chi connectivity index (χ2n) is 4.51. The number of imidazole rings is 1. The molecule has 3 heterocycles.